The van der Waals surface area contributed by atoms with Gasteiger partial charge in [0.05, 0.1) is 6.61 Å². The number of hydrogen-bond acceptors (Lipinski definition) is 12. The number of hydrogen-bond donors (Lipinski definition) is 6. The van der Waals surface area contributed by atoms with Gasteiger partial charge in [0.2, 0.25) is 0 Å². The van der Waals surface area contributed by atoms with E-state index < -0.39 is 75.7 Å². The van der Waals surface area contributed by atoms with Gasteiger partial charge in [0.25, 0.3) is 0 Å². The molecule has 1 saturated carbocycles. The Morgan fingerprint density at radius 3 is 1.47 bits per heavy atom. The summed E-state index contributed by atoms with van der Waals surface area (Å²) in [7, 11) is -5.11. The lowest BCUT2D eigenvalue weighted by Gasteiger charge is -2.41. The van der Waals surface area contributed by atoms with Crippen LogP contribution in [0.4, 0.5) is 0 Å². The molecule has 0 aromatic heterocycles. The van der Waals surface area contributed by atoms with Crippen LogP contribution < -0.4 is 0 Å². The fourth-order valence-corrected chi connectivity index (χ4v) is 7.76. The maximum absolute atomic E-state index is 12.8. The first-order valence-corrected chi connectivity index (χ1v) is 23.6. The van der Waals surface area contributed by atoms with E-state index in [1.807, 2.05) is 6.08 Å². The molecule has 0 heterocycles. The van der Waals surface area contributed by atoms with Gasteiger partial charge in [-0.3, -0.25) is 18.6 Å². The van der Waals surface area contributed by atoms with Gasteiger partial charge in [0, 0.05) is 12.8 Å². The first-order chi connectivity index (χ1) is 27.4. The van der Waals surface area contributed by atoms with E-state index in [2.05, 4.69) is 25.7 Å². The SMILES string of the molecule is C=CCCCCCCCCCCCCCCCC(=O)O[C@H](COC(=O)CCCCC/C=C/CCCCCCCC)COP(=O)(O)OC1C(O)C(O)C(O)[C@@H](O)C1O. The van der Waals surface area contributed by atoms with E-state index in [1.165, 1.54) is 89.9 Å². The van der Waals surface area contributed by atoms with E-state index in [9.17, 15) is 44.6 Å². The summed E-state index contributed by atoms with van der Waals surface area (Å²) in [5.74, 6) is -1.12. The lowest BCUT2D eigenvalue weighted by molar-refractivity contribution is -0.220. The van der Waals surface area contributed by atoms with Crippen molar-refractivity contribution >= 4 is 19.8 Å². The summed E-state index contributed by atoms with van der Waals surface area (Å²) >= 11 is 0. The summed E-state index contributed by atoms with van der Waals surface area (Å²) in [4.78, 5) is 35.6. The zero-order valence-electron chi connectivity index (χ0n) is 35.0. The summed E-state index contributed by atoms with van der Waals surface area (Å²) in [5, 5.41) is 50.1. The second-order valence-electron chi connectivity index (χ2n) is 15.6. The van der Waals surface area contributed by atoms with E-state index >= 15 is 0 Å². The Kier molecular flexibility index (Phi) is 31.9. The van der Waals surface area contributed by atoms with E-state index in [0.29, 0.717) is 12.8 Å². The molecule has 1 aliphatic rings. The Labute approximate surface area is 343 Å². The van der Waals surface area contributed by atoms with Crippen LogP contribution in [-0.2, 0) is 32.7 Å². The van der Waals surface area contributed by atoms with Crippen LogP contribution in [0, 0.1) is 0 Å². The second kappa shape index (κ2) is 34.1. The monoisotopic (exact) mass is 835 g/mol. The first kappa shape index (κ1) is 53.3. The van der Waals surface area contributed by atoms with Gasteiger partial charge in [-0.25, -0.2) is 4.57 Å². The minimum atomic E-state index is -5.11. The molecule has 0 aromatic rings. The molecule has 0 radical (unpaired) electrons. The van der Waals surface area contributed by atoms with Crippen molar-refractivity contribution in [1.29, 1.82) is 0 Å². The van der Waals surface area contributed by atoms with Crippen LogP contribution in [0.15, 0.2) is 24.8 Å². The molecule has 57 heavy (non-hydrogen) atoms. The van der Waals surface area contributed by atoms with E-state index in [4.69, 9.17) is 18.5 Å². The number of carbonyl (C=O) groups excluding carboxylic acids is 2. The van der Waals surface area contributed by atoms with Gasteiger partial charge < -0.3 is 39.9 Å². The second-order valence-corrected chi connectivity index (χ2v) is 17.0. The molecule has 8 atom stereocenters. The van der Waals surface area contributed by atoms with Crippen molar-refractivity contribution in [2.75, 3.05) is 13.2 Å². The third kappa shape index (κ3) is 26.9. The molecule has 334 valence electrons. The average Bonchev–Trinajstić information content (AvgIpc) is 3.19. The molecular weight excluding hydrogens is 755 g/mol. The van der Waals surface area contributed by atoms with Crippen LogP contribution >= 0.6 is 7.82 Å². The van der Waals surface area contributed by atoms with Crippen molar-refractivity contribution in [3.63, 3.8) is 0 Å². The van der Waals surface area contributed by atoms with Crippen LogP contribution in [0.5, 0.6) is 0 Å². The third-order valence-corrected chi connectivity index (χ3v) is 11.4. The number of phosphoric ester groups is 1. The Morgan fingerprint density at radius 2 is 0.982 bits per heavy atom. The van der Waals surface area contributed by atoms with Crippen molar-refractivity contribution in [2.24, 2.45) is 0 Å². The molecule has 0 aromatic carbocycles. The standard InChI is InChI=1S/C43H79O13P/c1-3-5-7-9-11-13-15-17-18-20-22-24-26-28-30-32-37(45)55-35(34-54-57(51,52)56-43-41(49)39(47)38(46)40(48)42(43)50)33-53-36(44)31-29-27-25-23-21-19-16-14-12-10-8-6-4-2/h3,19,21,35,38-43,46-50H,1,4-18,20,22-34H2,2H3,(H,51,52)/b21-19+/t35-,38?,39-,40?,41?,42?,43?/m1/s1. The zero-order valence-corrected chi connectivity index (χ0v) is 35.9. The van der Waals surface area contributed by atoms with Gasteiger partial charge >= 0.3 is 19.8 Å². The molecule has 0 saturated heterocycles. The predicted octanol–water partition coefficient (Wildman–Crippen LogP) is 8.06. The molecule has 1 rings (SSSR count). The summed E-state index contributed by atoms with van der Waals surface area (Å²) in [6.07, 6.45) is 21.3. The van der Waals surface area contributed by atoms with Gasteiger partial charge in [0.15, 0.2) is 6.10 Å². The number of rotatable bonds is 37. The molecule has 6 N–H and O–H groups in total. The number of aliphatic hydroxyl groups excluding tert-OH is 5. The Hall–Kier alpha value is -1.67. The molecule has 6 unspecified atom stereocenters. The smallest absolute Gasteiger partial charge is 0.462 e. The Bertz CT molecular complexity index is 1090. The van der Waals surface area contributed by atoms with Crippen LogP contribution in [0.3, 0.4) is 0 Å². The van der Waals surface area contributed by atoms with Crippen molar-refractivity contribution in [3.05, 3.63) is 24.8 Å². The fourth-order valence-electron chi connectivity index (χ4n) is 6.79. The molecule has 0 aliphatic heterocycles. The molecule has 1 aliphatic carbocycles. The van der Waals surface area contributed by atoms with Crippen LogP contribution in [0.1, 0.15) is 180 Å². The maximum atomic E-state index is 12.8. The van der Waals surface area contributed by atoms with Gasteiger partial charge in [-0.1, -0.05) is 134 Å². The Balaban J connectivity index is 2.48. The minimum Gasteiger partial charge on any atom is -0.462 e. The third-order valence-electron chi connectivity index (χ3n) is 10.4. The number of esters is 2. The minimum absolute atomic E-state index is 0.0937. The largest absolute Gasteiger partial charge is 0.472 e. The van der Waals surface area contributed by atoms with Gasteiger partial charge in [-0.2, -0.15) is 0 Å². The van der Waals surface area contributed by atoms with Crippen LogP contribution in [0.25, 0.3) is 0 Å². The van der Waals surface area contributed by atoms with Crippen molar-refractivity contribution < 1.29 is 63.1 Å². The molecular formula is C43H79O13P. The van der Waals surface area contributed by atoms with Gasteiger partial charge in [0.1, 0.15) is 43.2 Å². The number of unbranched alkanes of at least 4 members (excludes halogenated alkanes) is 22. The first-order valence-electron chi connectivity index (χ1n) is 22.1. The van der Waals surface area contributed by atoms with Crippen molar-refractivity contribution in [3.8, 4) is 0 Å². The van der Waals surface area contributed by atoms with Gasteiger partial charge in [-0.15, -0.1) is 6.58 Å². The number of ether oxygens (including phenoxy) is 2. The highest BCUT2D eigenvalue weighted by Crippen LogP contribution is 2.47. The lowest BCUT2D eigenvalue weighted by atomic mass is 9.85. The number of phosphoric acid groups is 1. The van der Waals surface area contributed by atoms with Crippen molar-refractivity contribution in [2.45, 2.75) is 223 Å². The average molecular weight is 835 g/mol. The van der Waals surface area contributed by atoms with Crippen LogP contribution in [0.2, 0.25) is 0 Å². The topological polar surface area (TPSA) is 210 Å². The summed E-state index contributed by atoms with van der Waals surface area (Å²) in [6.45, 7) is 4.80. The maximum Gasteiger partial charge on any atom is 0.472 e. The van der Waals surface area contributed by atoms with E-state index in [0.717, 1.165) is 57.8 Å². The normalized spacial score (nSPS) is 22.6. The zero-order chi connectivity index (χ0) is 42.2. The Morgan fingerprint density at radius 1 is 0.579 bits per heavy atom. The number of carbonyl (C=O) groups is 2. The van der Waals surface area contributed by atoms with E-state index in [-0.39, 0.29) is 12.8 Å². The quantitative estimate of drug-likeness (QED) is 0.0152. The summed E-state index contributed by atoms with van der Waals surface area (Å²) in [6, 6.07) is 0. The molecule has 13 nitrogen and oxygen atoms in total. The highest BCUT2D eigenvalue weighted by atomic mass is 31.2. The van der Waals surface area contributed by atoms with E-state index in [1.54, 1.807) is 0 Å². The van der Waals surface area contributed by atoms with Crippen molar-refractivity contribution in [1.82, 2.24) is 0 Å². The van der Waals surface area contributed by atoms with Crippen LogP contribution in [-0.4, -0.2) is 98.3 Å². The summed E-state index contributed by atoms with van der Waals surface area (Å²) < 4.78 is 33.4. The highest BCUT2D eigenvalue weighted by Gasteiger charge is 2.51. The molecule has 0 spiro atoms. The lowest BCUT2D eigenvalue weighted by Crippen LogP contribution is -2.64. The predicted molar refractivity (Wildman–Crippen MR) is 221 cm³/mol. The highest BCUT2D eigenvalue weighted by molar-refractivity contribution is 7.47. The molecule has 0 bridgehead atoms. The van der Waals surface area contributed by atoms with Gasteiger partial charge in [-0.05, 0) is 51.4 Å². The molecule has 1 fully saturated rings. The summed E-state index contributed by atoms with van der Waals surface area (Å²) in [5.41, 5.74) is 0. The fraction of sp³-hybridized carbons (Fsp3) is 0.860. The number of aliphatic hydroxyl groups is 5. The molecule has 0 amide bonds. The molecule has 14 heteroatoms. The number of allylic oxidation sites excluding steroid dienone is 3.